The van der Waals surface area contributed by atoms with Crippen LogP contribution in [0, 0.1) is 0 Å². The van der Waals surface area contributed by atoms with Gasteiger partial charge in [-0.1, -0.05) is 0 Å². The number of amides is 2. The summed E-state index contributed by atoms with van der Waals surface area (Å²) in [4.78, 5) is 23.1. The third-order valence-corrected chi connectivity index (χ3v) is 3.34. The molecule has 96 valence electrons. The van der Waals surface area contributed by atoms with Crippen LogP contribution in [0.1, 0.15) is 10.4 Å². The Morgan fingerprint density at radius 2 is 2.26 bits per heavy atom. The predicted molar refractivity (Wildman–Crippen MR) is 72.8 cm³/mol. The van der Waals surface area contributed by atoms with E-state index in [2.05, 4.69) is 10.6 Å². The predicted octanol–water partition coefficient (Wildman–Crippen LogP) is 2.33. The van der Waals surface area contributed by atoms with Gasteiger partial charge in [0.1, 0.15) is 5.75 Å². The smallest absolute Gasteiger partial charge is 0.262 e. The first-order valence-electron chi connectivity index (χ1n) is 5.62. The van der Waals surface area contributed by atoms with Crippen molar-refractivity contribution in [3.05, 3.63) is 40.6 Å². The van der Waals surface area contributed by atoms with E-state index in [1.807, 2.05) is 5.38 Å². The summed E-state index contributed by atoms with van der Waals surface area (Å²) in [6.07, 6.45) is 0. The van der Waals surface area contributed by atoms with Crippen molar-refractivity contribution in [2.75, 3.05) is 17.2 Å². The number of hydrogen-bond donors (Lipinski definition) is 2. The Balaban J connectivity index is 1.81. The number of nitrogens with one attached hydrogen (secondary N) is 2. The maximum absolute atomic E-state index is 11.9. The molecule has 0 fully saturated rings. The van der Waals surface area contributed by atoms with Crippen LogP contribution in [0.15, 0.2) is 35.0 Å². The molecule has 2 heterocycles. The Bertz CT molecular complexity index is 637. The van der Waals surface area contributed by atoms with Crippen LogP contribution >= 0.6 is 11.3 Å². The molecule has 19 heavy (non-hydrogen) atoms. The standard InChI is InChI=1S/C13H10N2O3S/c16-12-6-18-11-2-1-9(5-10(11)15-12)14-13(17)8-3-4-19-7-8/h1-5,7H,6H2,(H,14,17)(H,15,16). The fourth-order valence-electron chi connectivity index (χ4n) is 1.76. The summed E-state index contributed by atoms with van der Waals surface area (Å²) in [5.41, 5.74) is 1.79. The number of thiophene rings is 1. The van der Waals surface area contributed by atoms with Crippen molar-refractivity contribution in [3.63, 3.8) is 0 Å². The second-order valence-electron chi connectivity index (χ2n) is 4.01. The molecule has 0 saturated heterocycles. The molecule has 0 aliphatic carbocycles. The number of carbonyl (C=O) groups is 2. The normalized spacial score (nSPS) is 13.2. The maximum Gasteiger partial charge on any atom is 0.262 e. The number of anilines is 2. The largest absolute Gasteiger partial charge is 0.482 e. The molecule has 0 atom stereocenters. The second kappa shape index (κ2) is 4.74. The van der Waals surface area contributed by atoms with Crippen molar-refractivity contribution in [1.82, 2.24) is 0 Å². The molecular formula is C13H10N2O3S. The molecule has 1 aromatic carbocycles. The number of benzene rings is 1. The zero-order chi connectivity index (χ0) is 13.2. The molecule has 2 aromatic rings. The molecule has 2 amide bonds. The monoisotopic (exact) mass is 274 g/mol. The zero-order valence-electron chi connectivity index (χ0n) is 9.80. The first-order chi connectivity index (χ1) is 9.22. The molecule has 1 aliphatic rings. The van der Waals surface area contributed by atoms with Crippen molar-refractivity contribution in [1.29, 1.82) is 0 Å². The summed E-state index contributed by atoms with van der Waals surface area (Å²) < 4.78 is 5.24. The summed E-state index contributed by atoms with van der Waals surface area (Å²) in [6, 6.07) is 6.89. The third kappa shape index (κ3) is 2.43. The van der Waals surface area contributed by atoms with Crippen molar-refractivity contribution in [2.45, 2.75) is 0 Å². The van der Waals surface area contributed by atoms with Gasteiger partial charge in [0.15, 0.2) is 6.61 Å². The van der Waals surface area contributed by atoms with Gasteiger partial charge in [-0.25, -0.2) is 0 Å². The van der Waals surface area contributed by atoms with E-state index in [1.54, 1.807) is 29.6 Å². The summed E-state index contributed by atoms with van der Waals surface area (Å²) >= 11 is 1.46. The van der Waals surface area contributed by atoms with Gasteiger partial charge in [-0.15, -0.1) is 0 Å². The van der Waals surface area contributed by atoms with Crippen molar-refractivity contribution in [2.24, 2.45) is 0 Å². The van der Waals surface area contributed by atoms with Gasteiger partial charge in [0, 0.05) is 11.1 Å². The Hall–Kier alpha value is -2.34. The minimum atomic E-state index is -0.200. The maximum atomic E-state index is 11.9. The van der Waals surface area contributed by atoms with Gasteiger partial charge >= 0.3 is 0 Å². The molecular weight excluding hydrogens is 264 g/mol. The number of ether oxygens (including phenoxy) is 1. The van der Waals surface area contributed by atoms with E-state index in [0.29, 0.717) is 22.7 Å². The molecule has 2 N–H and O–H groups in total. The van der Waals surface area contributed by atoms with Gasteiger partial charge in [-0.05, 0) is 29.6 Å². The molecule has 0 radical (unpaired) electrons. The lowest BCUT2D eigenvalue weighted by molar-refractivity contribution is -0.118. The highest BCUT2D eigenvalue weighted by Crippen LogP contribution is 2.30. The molecule has 5 nitrogen and oxygen atoms in total. The first kappa shape index (κ1) is 11.7. The minimum Gasteiger partial charge on any atom is -0.482 e. The third-order valence-electron chi connectivity index (χ3n) is 2.65. The second-order valence-corrected chi connectivity index (χ2v) is 4.79. The lowest BCUT2D eigenvalue weighted by Crippen LogP contribution is -2.25. The lowest BCUT2D eigenvalue weighted by Gasteiger charge is -2.18. The van der Waals surface area contributed by atoms with Crippen LogP contribution in [0.2, 0.25) is 0 Å². The van der Waals surface area contributed by atoms with Gasteiger partial charge in [0.25, 0.3) is 11.8 Å². The molecule has 6 heteroatoms. The van der Waals surface area contributed by atoms with Crippen molar-refractivity contribution in [3.8, 4) is 5.75 Å². The van der Waals surface area contributed by atoms with E-state index in [9.17, 15) is 9.59 Å². The van der Waals surface area contributed by atoms with Crippen molar-refractivity contribution < 1.29 is 14.3 Å². The summed E-state index contributed by atoms with van der Waals surface area (Å²) in [5.74, 6) is 0.228. The van der Waals surface area contributed by atoms with E-state index in [-0.39, 0.29) is 18.4 Å². The molecule has 0 bridgehead atoms. The van der Waals surface area contributed by atoms with Gasteiger partial charge < -0.3 is 15.4 Å². The molecule has 0 saturated carbocycles. The highest BCUT2D eigenvalue weighted by atomic mass is 32.1. The molecule has 0 spiro atoms. The van der Waals surface area contributed by atoms with Gasteiger partial charge in [0.2, 0.25) is 0 Å². The SMILES string of the molecule is O=C1COc2ccc(NC(=O)c3ccsc3)cc2N1. The highest BCUT2D eigenvalue weighted by Gasteiger charge is 2.16. The molecule has 3 rings (SSSR count). The average molecular weight is 274 g/mol. The fourth-order valence-corrected chi connectivity index (χ4v) is 2.39. The van der Waals surface area contributed by atoms with Gasteiger partial charge in [-0.2, -0.15) is 11.3 Å². The Morgan fingerprint density at radius 3 is 3.05 bits per heavy atom. The van der Waals surface area contributed by atoms with Crippen LogP contribution in [0.3, 0.4) is 0 Å². The Morgan fingerprint density at radius 1 is 1.37 bits per heavy atom. The average Bonchev–Trinajstić information content (AvgIpc) is 2.92. The van der Waals surface area contributed by atoms with Crippen LogP contribution in [0.25, 0.3) is 0 Å². The van der Waals surface area contributed by atoms with Gasteiger partial charge in [0.05, 0.1) is 11.3 Å². The topological polar surface area (TPSA) is 67.4 Å². The summed E-state index contributed by atoms with van der Waals surface area (Å²) in [6.45, 7) is 0.0214. The van der Waals surface area contributed by atoms with Crippen LogP contribution in [0.4, 0.5) is 11.4 Å². The van der Waals surface area contributed by atoms with E-state index in [0.717, 1.165) is 0 Å². The molecule has 1 aromatic heterocycles. The molecule has 1 aliphatic heterocycles. The minimum absolute atomic E-state index is 0.0214. The number of carbonyl (C=O) groups excluding carboxylic acids is 2. The fraction of sp³-hybridized carbons (Fsp3) is 0.0769. The van der Waals surface area contributed by atoms with E-state index in [1.165, 1.54) is 11.3 Å². The highest BCUT2D eigenvalue weighted by molar-refractivity contribution is 7.08. The number of rotatable bonds is 2. The lowest BCUT2D eigenvalue weighted by atomic mass is 10.2. The zero-order valence-corrected chi connectivity index (χ0v) is 10.6. The van der Waals surface area contributed by atoms with Gasteiger partial charge in [-0.3, -0.25) is 9.59 Å². The van der Waals surface area contributed by atoms with Crippen LogP contribution in [0.5, 0.6) is 5.75 Å². The summed E-state index contributed by atoms with van der Waals surface area (Å²) in [7, 11) is 0. The van der Waals surface area contributed by atoms with E-state index >= 15 is 0 Å². The van der Waals surface area contributed by atoms with Crippen LogP contribution < -0.4 is 15.4 Å². The first-order valence-corrected chi connectivity index (χ1v) is 6.57. The van der Waals surface area contributed by atoms with Crippen LogP contribution in [-0.2, 0) is 4.79 Å². The molecule has 0 unspecified atom stereocenters. The Kier molecular flexibility index (Phi) is 2.92. The van der Waals surface area contributed by atoms with E-state index < -0.39 is 0 Å². The summed E-state index contributed by atoms with van der Waals surface area (Å²) in [5, 5.41) is 9.08. The quantitative estimate of drug-likeness (QED) is 0.883. The van der Waals surface area contributed by atoms with Crippen molar-refractivity contribution >= 4 is 34.5 Å². The Labute approximate surface area is 113 Å². The number of fused-ring (bicyclic) bond motifs is 1. The van der Waals surface area contributed by atoms with Crippen LogP contribution in [-0.4, -0.2) is 18.4 Å². The number of hydrogen-bond acceptors (Lipinski definition) is 4. The van der Waals surface area contributed by atoms with E-state index in [4.69, 9.17) is 4.74 Å².